The number of pyridine rings is 1. The molecule has 0 radical (unpaired) electrons. The maximum absolute atomic E-state index is 12.4. The number of amides is 2. The predicted molar refractivity (Wildman–Crippen MR) is 97.9 cm³/mol. The third-order valence-electron chi connectivity index (χ3n) is 4.66. The van der Waals surface area contributed by atoms with Crippen molar-refractivity contribution in [3.05, 3.63) is 23.2 Å². The standard InChI is InChI=1S/C18H24N4O5/c1-17(2,3)26-15(23)21-9-4-7-18(8-10-21)12-22(16(24)27-18)13-5-6-14(20-25)19-11-13/h5-6,11H,4,7-10,12H2,1-3H3. The fourth-order valence-electron chi connectivity index (χ4n) is 3.35. The number of nitrogens with zero attached hydrogens (tertiary/aromatic N) is 4. The van der Waals surface area contributed by atoms with Gasteiger partial charge in [0.15, 0.2) is 5.82 Å². The number of hydrogen-bond donors (Lipinski definition) is 0. The second-order valence-corrected chi connectivity index (χ2v) is 7.92. The van der Waals surface area contributed by atoms with Crippen molar-refractivity contribution >= 4 is 23.7 Å². The van der Waals surface area contributed by atoms with Gasteiger partial charge in [-0.2, -0.15) is 0 Å². The maximum Gasteiger partial charge on any atom is 0.415 e. The van der Waals surface area contributed by atoms with Gasteiger partial charge in [0, 0.05) is 19.5 Å². The van der Waals surface area contributed by atoms with Crippen molar-refractivity contribution in [1.29, 1.82) is 0 Å². The molecular formula is C18H24N4O5. The summed E-state index contributed by atoms with van der Waals surface area (Å²) in [7, 11) is 0. The Labute approximate surface area is 157 Å². The lowest BCUT2D eigenvalue weighted by atomic mass is 9.95. The van der Waals surface area contributed by atoms with Gasteiger partial charge in [0.25, 0.3) is 0 Å². The van der Waals surface area contributed by atoms with Gasteiger partial charge < -0.3 is 14.4 Å². The average molecular weight is 376 g/mol. The Morgan fingerprint density at radius 3 is 2.70 bits per heavy atom. The van der Waals surface area contributed by atoms with Crippen LogP contribution in [0.15, 0.2) is 23.5 Å². The first-order valence-electron chi connectivity index (χ1n) is 8.99. The van der Waals surface area contributed by atoms with E-state index in [1.54, 1.807) is 11.0 Å². The molecule has 146 valence electrons. The van der Waals surface area contributed by atoms with Gasteiger partial charge in [-0.15, -0.1) is 4.91 Å². The number of aromatic nitrogens is 1. The summed E-state index contributed by atoms with van der Waals surface area (Å²) in [5.74, 6) is 0.0588. The van der Waals surface area contributed by atoms with E-state index in [0.29, 0.717) is 44.6 Å². The second kappa shape index (κ2) is 7.13. The van der Waals surface area contributed by atoms with Gasteiger partial charge in [0.2, 0.25) is 0 Å². The van der Waals surface area contributed by atoms with E-state index in [1.807, 2.05) is 20.8 Å². The predicted octanol–water partition coefficient (Wildman–Crippen LogP) is 3.60. The molecule has 0 N–H and O–H groups in total. The highest BCUT2D eigenvalue weighted by atomic mass is 16.6. The summed E-state index contributed by atoms with van der Waals surface area (Å²) in [4.78, 5) is 42.3. The molecule has 0 aromatic carbocycles. The van der Waals surface area contributed by atoms with Crippen LogP contribution >= 0.6 is 0 Å². The van der Waals surface area contributed by atoms with Crippen molar-refractivity contribution in [2.24, 2.45) is 5.18 Å². The van der Waals surface area contributed by atoms with Crippen LogP contribution in [0.2, 0.25) is 0 Å². The number of rotatable bonds is 2. The van der Waals surface area contributed by atoms with E-state index in [1.165, 1.54) is 17.2 Å². The van der Waals surface area contributed by atoms with Gasteiger partial charge in [-0.25, -0.2) is 14.6 Å². The molecule has 9 nitrogen and oxygen atoms in total. The van der Waals surface area contributed by atoms with Crippen LogP contribution in [0.1, 0.15) is 40.0 Å². The van der Waals surface area contributed by atoms with E-state index < -0.39 is 17.3 Å². The molecule has 2 fully saturated rings. The van der Waals surface area contributed by atoms with Crippen LogP contribution in [0.25, 0.3) is 0 Å². The largest absolute Gasteiger partial charge is 0.444 e. The molecule has 9 heteroatoms. The van der Waals surface area contributed by atoms with Gasteiger partial charge in [0.05, 0.1) is 18.4 Å². The lowest BCUT2D eigenvalue weighted by Gasteiger charge is -2.27. The first-order chi connectivity index (χ1) is 12.7. The van der Waals surface area contributed by atoms with Crippen LogP contribution < -0.4 is 4.90 Å². The Kier molecular flexibility index (Phi) is 5.03. The first kappa shape index (κ1) is 19.1. The number of anilines is 1. The van der Waals surface area contributed by atoms with E-state index in [4.69, 9.17) is 9.47 Å². The molecule has 2 aliphatic heterocycles. The van der Waals surface area contributed by atoms with E-state index in [2.05, 4.69) is 10.2 Å². The van der Waals surface area contributed by atoms with Crippen LogP contribution in [0.3, 0.4) is 0 Å². The summed E-state index contributed by atoms with van der Waals surface area (Å²) in [5.41, 5.74) is -0.639. The number of nitroso groups, excluding NO2 is 1. The first-order valence-corrected chi connectivity index (χ1v) is 8.99. The van der Waals surface area contributed by atoms with Crippen molar-refractivity contribution in [1.82, 2.24) is 9.88 Å². The van der Waals surface area contributed by atoms with Crippen molar-refractivity contribution in [2.45, 2.75) is 51.2 Å². The Morgan fingerprint density at radius 2 is 2.07 bits per heavy atom. The minimum absolute atomic E-state index is 0.0588. The highest BCUT2D eigenvalue weighted by Crippen LogP contribution is 2.36. The zero-order valence-corrected chi connectivity index (χ0v) is 15.8. The Balaban J connectivity index is 1.68. The fraction of sp³-hybridized carbons (Fsp3) is 0.611. The molecule has 2 amide bonds. The smallest absolute Gasteiger partial charge is 0.415 e. The molecular weight excluding hydrogens is 352 g/mol. The fourth-order valence-corrected chi connectivity index (χ4v) is 3.35. The van der Waals surface area contributed by atoms with Crippen LogP contribution in [0, 0.1) is 4.91 Å². The number of carbonyl (C=O) groups is 2. The van der Waals surface area contributed by atoms with Crippen LogP contribution in [-0.4, -0.2) is 52.9 Å². The summed E-state index contributed by atoms with van der Waals surface area (Å²) >= 11 is 0. The van der Waals surface area contributed by atoms with Crippen LogP contribution in [-0.2, 0) is 9.47 Å². The molecule has 0 saturated carbocycles. The molecule has 0 aliphatic carbocycles. The van der Waals surface area contributed by atoms with Crippen molar-refractivity contribution in [2.75, 3.05) is 24.5 Å². The quantitative estimate of drug-likeness (QED) is 0.731. The zero-order valence-electron chi connectivity index (χ0n) is 15.8. The molecule has 1 aromatic rings. The Bertz CT molecular complexity index is 730. The summed E-state index contributed by atoms with van der Waals surface area (Å²) in [6, 6.07) is 3.08. The third-order valence-corrected chi connectivity index (χ3v) is 4.66. The van der Waals surface area contributed by atoms with Gasteiger partial charge >= 0.3 is 12.2 Å². The monoisotopic (exact) mass is 376 g/mol. The van der Waals surface area contributed by atoms with Crippen molar-refractivity contribution < 1.29 is 19.1 Å². The van der Waals surface area contributed by atoms with Gasteiger partial charge in [-0.1, -0.05) is 0 Å². The van der Waals surface area contributed by atoms with Gasteiger partial charge in [0.1, 0.15) is 11.2 Å². The summed E-state index contributed by atoms with van der Waals surface area (Å²) in [6.45, 7) is 6.90. The molecule has 2 saturated heterocycles. The molecule has 1 spiro atoms. The molecule has 1 aromatic heterocycles. The van der Waals surface area contributed by atoms with Crippen molar-refractivity contribution in [3.63, 3.8) is 0 Å². The third kappa shape index (κ3) is 4.35. The molecule has 1 atom stereocenters. The summed E-state index contributed by atoms with van der Waals surface area (Å²) in [5, 5.41) is 2.76. The van der Waals surface area contributed by atoms with Gasteiger partial charge in [-0.05, 0) is 50.9 Å². The summed E-state index contributed by atoms with van der Waals surface area (Å²) < 4.78 is 11.2. The molecule has 1 unspecified atom stereocenters. The molecule has 3 rings (SSSR count). The average Bonchev–Trinajstić information content (AvgIpc) is 2.79. The lowest BCUT2D eigenvalue weighted by molar-refractivity contribution is 0.0217. The minimum Gasteiger partial charge on any atom is -0.444 e. The van der Waals surface area contributed by atoms with Crippen molar-refractivity contribution in [3.8, 4) is 0 Å². The topological polar surface area (TPSA) is 101 Å². The van der Waals surface area contributed by atoms with Crippen LogP contribution in [0.4, 0.5) is 21.1 Å². The van der Waals surface area contributed by atoms with E-state index >= 15 is 0 Å². The number of likely N-dealkylation sites (tertiary alicyclic amines) is 1. The highest BCUT2D eigenvalue weighted by molar-refractivity contribution is 5.90. The number of carbonyl (C=O) groups excluding carboxylic acids is 2. The molecule has 27 heavy (non-hydrogen) atoms. The van der Waals surface area contributed by atoms with E-state index in [-0.39, 0.29) is 11.9 Å². The second-order valence-electron chi connectivity index (χ2n) is 7.92. The number of ether oxygens (including phenoxy) is 2. The summed E-state index contributed by atoms with van der Waals surface area (Å²) in [6.07, 6.45) is 2.55. The molecule has 2 aliphatic rings. The minimum atomic E-state index is -0.643. The highest BCUT2D eigenvalue weighted by Gasteiger charge is 2.47. The van der Waals surface area contributed by atoms with E-state index in [9.17, 15) is 14.5 Å². The zero-order chi connectivity index (χ0) is 19.7. The Morgan fingerprint density at radius 1 is 1.30 bits per heavy atom. The maximum atomic E-state index is 12.4. The van der Waals surface area contributed by atoms with Gasteiger partial charge in [-0.3, -0.25) is 4.90 Å². The molecule has 0 bridgehead atoms. The number of hydrogen-bond acceptors (Lipinski definition) is 7. The normalized spacial score (nSPS) is 23.1. The Hall–Kier alpha value is -2.71. The molecule has 3 heterocycles. The SMILES string of the molecule is CC(C)(C)OC(=O)N1CCCC2(CC1)CN(c1ccc(N=O)nc1)C(=O)O2. The lowest BCUT2D eigenvalue weighted by Crippen LogP contribution is -2.39. The van der Waals surface area contributed by atoms with Crippen LogP contribution in [0.5, 0.6) is 0 Å². The van der Waals surface area contributed by atoms with E-state index in [0.717, 1.165) is 0 Å².